The van der Waals surface area contributed by atoms with E-state index in [2.05, 4.69) is 0 Å². The Bertz CT molecular complexity index is 602. The van der Waals surface area contributed by atoms with E-state index in [0.717, 1.165) is 18.9 Å². The third kappa shape index (κ3) is 2.82. The van der Waals surface area contributed by atoms with Crippen LogP contribution in [0.15, 0.2) is 29.2 Å². The average Bonchev–Trinajstić information content (AvgIpc) is 2.47. The lowest BCUT2D eigenvalue weighted by Gasteiger charge is -2.33. The zero-order valence-corrected chi connectivity index (χ0v) is 11.6. The summed E-state index contributed by atoms with van der Waals surface area (Å²) in [5, 5.41) is 20.0. The number of aliphatic hydroxyl groups excluding tert-OH is 1. The summed E-state index contributed by atoms with van der Waals surface area (Å²) in [7, 11) is -3.81. The molecule has 0 bridgehead atoms. The summed E-state index contributed by atoms with van der Waals surface area (Å²) in [6, 6.07) is 4.54. The summed E-state index contributed by atoms with van der Waals surface area (Å²) in [4.78, 5) is 10.0. The minimum atomic E-state index is -3.81. The van der Waals surface area contributed by atoms with E-state index in [1.807, 2.05) is 0 Å². The van der Waals surface area contributed by atoms with Crippen molar-refractivity contribution in [2.75, 3.05) is 13.2 Å². The molecule has 1 aromatic rings. The van der Waals surface area contributed by atoms with E-state index >= 15 is 0 Å². The molecule has 1 N–H and O–H groups in total. The number of non-ortho nitro benzene ring substituents is 1. The number of rotatable bonds is 4. The van der Waals surface area contributed by atoms with Crippen LogP contribution in [0.25, 0.3) is 0 Å². The van der Waals surface area contributed by atoms with Crippen LogP contribution in [0.5, 0.6) is 0 Å². The number of nitrogens with zero attached hydrogens (tertiary/aromatic N) is 2. The first-order chi connectivity index (χ1) is 9.46. The largest absolute Gasteiger partial charge is 0.395 e. The van der Waals surface area contributed by atoms with Gasteiger partial charge in [-0.2, -0.15) is 4.31 Å². The van der Waals surface area contributed by atoms with E-state index in [-0.39, 0.29) is 17.2 Å². The van der Waals surface area contributed by atoms with Gasteiger partial charge in [0.15, 0.2) is 0 Å². The SMILES string of the molecule is O=[N+]([O-])c1cccc(S(=O)(=O)N2CCCCC2CO)c1. The van der Waals surface area contributed by atoms with E-state index in [1.54, 1.807) is 0 Å². The van der Waals surface area contributed by atoms with Gasteiger partial charge in [-0.15, -0.1) is 0 Å². The molecule has 20 heavy (non-hydrogen) atoms. The molecule has 0 saturated carbocycles. The number of aliphatic hydroxyl groups is 1. The van der Waals surface area contributed by atoms with Gasteiger partial charge in [0.25, 0.3) is 5.69 Å². The number of sulfonamides is 1. The highest BCUT2D eigenvalue weighted by Gasteiger charge is 2.33. The van der Waals surface area contributed by atoms with Gasteiger partial charge in [0.05, 0.1) is 16.4 Å². The van der Waals surface area contributed by atoms with Gasteiger partial charge < -0.3 is 5.11 Å². The van der Waals surface area contributed by atoms with E-state index in [1.165, 1.54) is 22.5 Å². The maximum atomic E-state index is 12.5. The molecule has 1 aromatic carbocycles. The number of nitro benzene ring substituents is 1. The summed E-state index contributed by atoms with van der Waals surface area (Å²) in [5.41, 5.74) is -0.261. The van der Waals surface area contributed by atoms with Crippen LogP contribution in [0.3, 0.4) is 0 Å². The highest BCUT2D eigenvalue weighted by atomic mass is 32.2. The molecule has 110 valence electrons. The van der Waals surface area contributed by atoms with Gasteiger partial charge in [-0.3, -0.25) is 10.1 Å². The van der Waals surface area contributed by atoms with Crippen molar-refractivity contribution in [3.05, 3.63) is 34.4 Å². The van der Waals surface area contributed by atoms with Crippen molar-refractivity contribution < 1.29 is 18.4 Å². The molecule has 0 spiro atoms. The summed E-state index contributed by atoms with van der Waals surface area (Å²) < 4.78 is 26.3. The molecule has 1 fully saturated rings. The molecular weight excluding hydrogens is 284 g/mol. The molecule has 0 radical (unpaired) electrons. The first-order valence-corrected chi connectivity index (χ1v) is 7.78. The van der Waals surface area contributed by atoms with Crippen LogP contribution in [-0.2, 0) is 10.0 Å². The zero-order valence-electron chi connectivity index (χ0n) is 10.8. The molecule has 1 atom stereocenters. The van der Waals surface area contributed by atoms with Crippen LogP contribution in [0.1, 0.15) is 19.3 Å². The second kappa shape index (κ2) is 5.86. The molecule has 7 nitrogen and oxygen atoms in total. The molecule has 1 heterocycles. The van der Waals surface area contributed by atoms with Gasteiger partial charge in [0.1, 0.15) is 0 Å². The molecule has 1 saturated heterocycles. The van der Waals surface area contributed by atoms with Gasteiger partial charge in [-0.1, -0.05) is 12.5 Å². The Morgan fingerprint density at radius 2 is 2.15 bits per heavy atom. The topological polar surface area (TPSA) is 101 Å². The van der Waals surface area contributed by atoms with Gasteiger partial charge in [-0.05, 0) is 18.9 Å². The van der Waals surface area contributed by atoms with Crippen LogP contribution >= 0.6 is 0 Å². The monoisotopic (exact) mass is 300 g/mol. The third-order valence-corrected chi connectivity index (χ3v) is 5.37. The van der Waals surface area contributed by atoms with Crippen LogP contribution in [0.2, 0.25) is 0 Å². The highest BCUT2D eigenvalue weighted by Crippen LogP contribution is 2.26. The lowest BCUT2D eigenvalue weighted by molar-refractivity contribution is -0.385. The van der Waals surface area contributed by atoms with Crippen LogP contribution < -0.4 is 0 Å². The van der Waals surface area contributed by atoms with Gasteiger partial charge >= 0.3 is 0 Å². The molecule has 0 aromatic heterocycles. The second-order valence-corrected chi connectivity index (χ2v) is 6.59. The Balaban J connectivity index is 2.38. The second-order valence-electron chi connectivity index (χ2n) is 4.70. The van der Waals surface area contributed by atoms with Crippen molar-refractivity contribution in [3.8, 4) is 0 Å². The fourth-order valence-corrected chi connectivity index (χ4v) is 4.09. The van der Waals surface area contributed by atoms with Crippen molar-refractivity contribution in [3.63, 3.8) is 0 Å². The molecule has 1 unspecified atom stereocenters. The minimum absolute atomic E-state index is 0.105. The van der Waals surface area contributed by atoms with Gasteiger partial charge in [0, 0.05) is 24.7 Å². The quantitative estimate of drug-likeness (QED) is 0.663. The number of hydrogen-bond acceptors (Lipinski definition) is 5. The van der Waals surface area contributed by atoms with Crippen LogP contribution in [-0.4, -0.2) is 41.9 Å². The fraction of sp³-hybridized carbons (Fsp3) is 0.500. The standard InChI is InChI=1S/C12H16N2O5S/c15-9-11-4-1-2-7-13(11)20(18,19)12-6-3-5-10(8-12)14(16)17/h3,5-6,8,11,15H,1-2,4,7,9H2. The van der Waals surface area contributed by atoms with Crippen molar-refractivity contribution in [1.29, 1.82) is 0 Å². The summed E-state index contributed by atoms with van der Waals surface area (Å²) in [6.45, 7) is 0.0877. The van der Waals surface area contributed by atoms with Gasteiger partial charge in [-0.25, -0.2) is 8.42 Å². The van der Waals surface area contributed by atoms with E-state index < -0.39 is 21.0 Å². The summed E-state index contributed by atoms with van der Waals surface area (Å²) in [5.74, 6) is 0. The molecule has 0 aliphatic carbocycles. The lowest BCUT2D eigenvalue weighted by Crippen LogP contribution is -2.45. The Labute approximate surface area is 117 Å². The van der Waals surface area contributed by atoms with E-state index in [9.17, 15) is 23.6 Å². The Morgan fingerprint density at radius 3 is 2.80 bits per heavy atom. The molecule has 0 amide bonds. The number of nitro groups is 1. The van der Waals surface area contributed by atoms with Gasteiger partial charge in [0.2, 0.25) is 10.0 Å². The van der Waals surface area contributed by atoms with E-state index in [0.29, 0.717) is 13.0 Å². The maximum Gasteiger partial charge on any atom is 0.270 e. The molecule has 1 aliphatic heterocycles. The Morgan fingerprint density at radius 1 is 1.40 bits per heavy atom. The predicted octanol–water partition coefficient (Wildman–Crippen LogP) is 1.13. The first-order valence-electron chi connectivity index (χ1n) is 6.34. The Kier molecular flexibility index (Phi) is 4.36. The number of piperidine rings is 1. The molecule has 8 heteroatoms. The molecular formula is C12H16N2O5S. The summed E-state index contributed by atoms with van der Waals surface area (Å²) >= 11 is 0. The van der Waals surface area contributed by atoms with Crippen molar-refractivity contribution >= 4 is 15.7 Å². The average molecular weight is 300 g/mol. The first kappa shape index (κ1) is 14.9. The van der Waals surface area contributed by atoms with E-state index in [4.69, 9.17) is 0 Å². The zero-order chi connectivity index (χ0) is 14.8. The normalized spacial score (nSPS) is 20.8. The highest BCUT2D eigenvalue weighted by molar-refractivity contribution is 7.89. The third-order valence-electron chi connectivity index (χ3n) is 3.42. The van der Waals surface area contributed by atoms with Crippen molar-refractivity contribution in [1.82, 2.24) is 4.31 Å². The van der Waals surface area contributed by atoms with Crippen molar-refractivity contribution in [2.24, 2.45) is 0 Å². The number of benzene rings is 1. The minimum Gasteiger partial charge on any atom is -0.395 e. The lowest BCUT2D eigenvalue weighted by atomic mass is 10.1. The predicted molar refractivity (Wildman–Crippen MR) is 71.7 cm³/mol. The maximum absolute atomic E-state index is 12.5. The number of hydrogen-bond donors (Lipinski definition) is 1. The fourth-order valence-electron chi connectivity index (χ4n) is 2.37. The smallest absolute Gasteiger partial charge is 0.270 e. The molecule has 1 aliphatic rings. The molecule has 2 rings (SSSR count). The van der Waals surface area contributed by atoms with Crippen LogP contribution in [0, 0.1) is 10.1 Å². The van der Waals surface area contributed by atoms with Crippen LogP contribution in [0.4, 0.5) is 5.69 Å². The Hall–Kier alpha value is -1.51. The summed E-state index contributed by atoms with van der Waals surface area (Å²) in [6.07, 6.45) is 2.20. The van der Waals surface area contributed by atoms with Crippen molar-refractivity contribution in [2.45, 2.75) is 30.2 Å².